The van der Waals surface area contributed by atoms with Crippen molar-refractivity contribution in [1.29, 1.82) is 0 Å². The predicted octanol–water partition coefficient (Wildman–Crippen LogP) is 3.49. The van der Waals surface area contributed by atoms with E-state index in [2.05, 4.69) is 0 Å². The second-order valence-electron chi connectivity index (χ2n) is 5.65. The van der Waals surface area contributed by atoms with Crippen LogP contribution in [0.5, 0.6) is 5.75 Å². The zero-order chi connectivity index (χ0) is 18.3. The zero-order valence-corrected chi connectivity index (χ0v) is 14.2. The van der Waals surface area contributed by atoms with E-state index >= 15 is 0 Å². The maximum Gasteiger partial charge on any atom is 0.269 e. The molecule has 2 rings (SSSR count). The second-order valence-corrected chi connectivity index (χ2v) is 5.65. The minimum atomic E-state index is -0.431. The van der Waals surface area contributed by atoms with Crippen LogP contribution in [0.4, 0.5) is 5.69 Å². The fraction of sp³-hybridized carbons (Fsp3) is 0.529. The average Bonchev–Trinajstić information content (AvgIpc) is 2.79. The molecule has 0 atom stereocenters. The molecule has 0 N–H and O–H groups in total. The Kier molecular flexibility index (Phi) is 9.37. The van der Waals surface area contributed by atoms with Gasteiger partial charge in [0.05, 0.1) is 17.1 Å². The number of hydrogen-bond acceptors (Lipinski definition) is 6. The van der Waals surface area contributed by atoms with Gasteiger partial charge in [-0.15, -0.1) is 0 Å². The van der Waals surface area contributed by atoms with Crippen molar-refractivity contribution in [3.05, 3.63) is 34.4 Å². The molecule has 8 heteroatoms. The Hall–Kier alpha value is -2.48. The molecule has 0 saturated carbocycles. The summed E-state index contributed by atoms with van der Waals surface area (Å²) in [6, 6.07) is 6.05. The Labute approximate surface area is 147 Å². The molecule has 0 unspecified atom stereocenters. The molecular formula is C17H26N2O6. The van der Waals surface area contributed by atoms with E-state index < -0.39 is 4.92 Å². The van der Waals surface area contributed by atoms with E-state index in [0.717, 1.165) is 5.06 Å². The summed E-state index contributed by atoms with van der Waals surface area (Å²) in [5, 5.41) is 11.2. The number of nitro benzene ring substituents is 1. The van der Waals surface area contributed by atoms with Gasteiger partial charge in [0, 0.05) is 25.0 Å². The largest absolute Gasteiger partial charge is 0.491 e. The van der Waals surface area contributed by atoms with Crippen molar-refractivity contribution in [2.45, 2.75) is 60.2 Å². The average molecular weight is 354 g/mol. The SMILES string of the molecule is C.CC(C)ON1C(=O)CCC1=O.CC(C)Oc1ccc([N+](=O)[O-])cc1. The van der Waals surface area contributed by atoms with Gasteiger partial charge in [0.15, 0.2) is 0 Å². The molecule has 140 valence electrons. The fourth-order valence-corrected chi connectivity index (χ4v) is 1.80. The van der Waals surface area contributed by atoms with Crippen LogP contribution in [-0.2, 0) is 14.4 Å². The lowest BCUT2D eigenvalue weighted by Crippen LogP contribution is -2.31. The molecule has 0 aromatic heterocycles. The maximum atomic E-state index is 10.9. The van der Waals surface area contributed by atoms with Crippen LogP contribution in [-0.4, -0.2) is 34.0 Å². The van der Waals surface area contributed by atoms with Crippen LogP contribution in [0.1, 0.15) is 48.0 Å². The van der Waals surface area contributed by atoms with E-state index in [1.54, 1.807) is 26.0 Å². The van der Waals surface area contributed by atoms with Crippen molar-refractivity contribution in [2.75, 3.05) is 0 Å². The summed E-state index contributed by atoms with van der Waals surface area (Å²) in [4.78, 5) is 36.6. The lowest BCUT2D eigenvalue weighted by molar-refractivity contribution is -0.384. The minimum absolute atomic E-state index is 0. The van der Waals surface area contributed by atoms with Crippen molar-refractivity contribution >= 4 is 17.5 Å². The summed E-state index contributed by atoms with van der Waals surface area (Å²) in [5.41, 5.74) is 0.0797. The van der Waals surface area contributed by atoms with Crippen molar-refractivity contribution < 1.29 is 24.1 Å². The van der Waals surface area contributed by atoms with E-state index in [-0.39, 0.29) is 50.0 Å². The Bertz CT molecular complexity index is 567. The molecule has 1 fully saturated rings. The Morgan fingerprint density at radius 3 is 1.84 bits per heavy atom. The molecule has 1 aromatic carbocycles. The van der Waals surface area contributed by atoms with Crippen LogP contribution in [0, 0.1) is 10.1 Å². The van der Waals surface area contributed by atoms with Gasteiger partial charge in [0.25, 0.3) is 17.5 Å². The number of amides is 2. The van der Waals surface area contributed by atoms with Crippen LogP contribution >= 0.6 is 0 Å². The Morgan fingerprint density at radius 1 is 1.00 bits per heavy atom. The summed E-state index contributed by atoms with van der Waals surface area (Å²) in [5.74, 6) is 0.188. The van der Waals surface area contributed by atoms with Crippen LogP contribution in [0.2, 0.25) is 0 Å². The quantitative estimate of drug-likeness (QED) is 0.456. The Balaban J connectivity index is 0.000000449. The van der Waals surface area contributed by atoms with Crippen molar-refractivity contribution in [1.82, 2.24) is 5.06 Å². The van der Waals surface area contributed by atoms with Gasteiger partial charge in [-0.3, -0.25) is 24.5 Å². The third-order valence-electron chi connectivity index (χ3n) is 2.74. The third-order valence-corrected chi connectivity index (χ3v) is 2.74. The first-order valence-corrected chi connectivity index (χ1v) is 7.64. The molecule has 0 spiro atoms. The molecule has 0 radical (unpaired) electrons. The lowest BCUT2D eigenvalue weighted by atomic mass is 10.3. The normalized spacial score (nSPS) is 13.4. The van der Waals surface area contributed by atoms with Gasteiger partial charge < -0.3 is 4.74 Å². The number of benzene rings is 1. The van der Waals surface area contributed by atoms with Gasteiger partial charge >= 0.3 is 0 Å². The van der Waals surface area contributed by atoms with E-state index in [4.69, 9.17) is 9.57 Å². The molecule has 25 heavy (non-hydrogen) atoms. The number of carbonyl (C=O) groups excluding carboxylic acids is 2. The van der Waals surface area contributed by atoms with Crippen molar-refractivity contribution in [3.8, 4) is 5.75 Å². The summed E-state index contributed by atoms with van der Waals surface area (Å²) >= 11 is 0. The second kappa shape index (κ2) is 10.4. The van der Waals surface area contributed by atoms with E-state index in [0.29, 0.717) is 5.75 Å². The van der Waals surface area contributed by atoms with Gasteiger partial charge in [-0.25, -0.2) is 0 Å². The monoisotopic (exact) mass is 354 g/mol. The number of nitrogens with zero attached hydrogens (tertiary/aromatic N) is 2. The molecule has 1 aliphatic rings. The summed E-state index contributed by atoms with van der Waals surface area (Å²) in [6.45, 7) is 7.36. The minimum Gasteiger partial charge on any atom is -0.491 e. The molecule has 2 amide bonds. The Morgan fingerprint density at radius 2 is 1.48 bits per heavy atom. The van der Waals surface area contributed by atoms with Crippen LogP contribution in [0.25, 0.3) is 0 Å². The van der Waals surface area contributed by atoms with Gasteiger partial charge in [0.1, 0.15) is 5.75 Å². The van der Waals surface area contributed by atoms with Crippen LogP contribution in [0.15, 0.2) is 24.3 Å². The highest BCUT2D eigenvalue weighted by atomic mass is 16.7. The number of ether oxygens (including phenoxy) is 1. The van der Waals surface area contributed by atoms with Gasteiger partial charge in [-0.1, -0.05) is 7.43 Å². The summed E-state index contributed by atoms with van der Waals surface area (Å²) in [7, 11) is 0. The molecule has 8 nitrogen and oxygen atoms in total. The topological polar surface area (TPSA) is 99.0 Å². The highest BCUT2D eigenvalue weighted by Gasteiger charge is 2.30. The molecule has 1 aromatic rings. The lowest BCUT2D eigenvalue weighted by Gasteiger charge is -2.15. The summed E-state index contributed by atoms with van der Waals surface area (Å²) in [6.07, 6.45) is 0.527. The van der Waals surface area contributed by atoms with E-state index in [9.17, 15) is 19.7 Å². The number of rotatable bonds is 5. The van der Waals surface area contributed by atoms with Crippen molar-refractivity contribution in [3.63, 3.8) is 0 Å². The standard InChI is InChI=1S/C9H11NO3.C7H11NO3.CH4/c1-7(2)13-9-5-3-8(4-6-9)10(11)12;1-5(2)11-8-6(9)3-4-7(8)10;/h3-7H,1-2H3;5H,3-4H2,1-2H3;1H4. The summed E-state index contributed by atoms with van der Waals surface area (Å²) < 4.78 is 5.33. The van der Waals surface area contributed by atoms with Gasteiger partial charge in [-0.05, 0) is 39.8 Å². The molecule has 1 saturated heterocycles. The number of hydrogen-bond donors (Lipinski definition) is 0. The molecule has 0 bridgehead atoms. The molecule has 1 aliphatic heterocycles. The third kappa shape index (κ3) is 7.75. The first-order chi connectivity index (χ1) is 11.2. The zero-order valence-electron chi connectivity index (χ0n) is 14.2. The number of imide groups is 1. The fourth-order valence-electron chi connectivity index (χ4n) is 1.80. The molecule has 0 aliphatic carbocycles. The number of non-ortho nitro benzene ring substituents is 1. The van der Waals surface area contributed by atoms with Crippen LogP contribution in [0.3, 0.4) is 0 Å². The van der Waals surface area contributed by atoms with Crippen LogP contribution < -0.4 is 4.74 Å². The highest BCUT2D eigenvalue weighted by Crippen LogP contribution is 2.18. The number of carbonyl (C=O) groups is 2. The number of nitro groups is 1. The maximum absolute atomic E-state index is 10.9. The first kappa shape index (κ1) is 22.5. The predicted molar refractivity (Wildman–Crippen MR) is 92.9 cm³/mol. The van der Waals surface area contributed by atoms with E-state index in [1.807, 2.05) is 13.8 Å². The first-order valence-electron chi connectivity index (χ1n) is 7.64. The van der Waals surface area contributed by atoms with Gasteiger partial charge in [-0.2, -0.15) is 5.06 Å². The number of hydroxylamine groups is 2. The van der Waals surface area contributed by atoms with Crippen molar-refractivity contribution in [2.24, 2.45) is 0 Å². The van der Waals surface area contributed by atoms with E-state index in [1.165, 1.54) is 12.1 Å². The van der Waals surface area contributed by atoms with Gasteiger partial charge in [0.2, 0.25) is 0 Å². The highest BCUT2D eigenvalue weighted by molar-refractivity contribution is 6.00. The smallest absolute Gasteiger partial charge is 0.269 e. The molecular weight excluding hydrogens is 328 g/mol. The molecule has 1 heterocycles.